The molecule has 7 heteroatoms. The molecule has 0 aliphatic carbocycles. The monoisotopic (exact) mass is 390 g/mol. The van der Waals surface area contributed by atoms with E-state index in [0.717, 1.165) is 16.7 Å². The molecule has 2 aromatic carbocycles. The molecule has 2 N–H and O–H groups in total. The third-order valence-corrected chi connectivity index (χ3v) is 5.36. The average Bonchev–Trinajstić information content (AvgIpc) is 2.72. The van der Waals surface area contributed by atoms with Gasteiger partial charge in [-0.05, 0) is 35.7 Å². The summed E-state index contributed by atoms with van der Waals surface area (Å²) in [5.74, 6) is -1.06. The maximum absolute atomic E-state index is 13.3. The Kier molecular flexibility index (Phi) is 4.88. The molecule has 0 fully saturated rings. The van der Waals surface area contributed by atoms with E-state index in [1.807, 2.05) is 49.4 Å². The highest BCUT2D eigenvalue weighted by Crippen LogP contribution is 2.26. The molecule has 2 aliphatic heterocycles. The fourth-order valence-electron chi connectivity index (χ4n) is 3.83. The number of hydrazone groups is 1. The number of carbonyl (C=O) groups excluding carboxylic acids is 3. The third kappa shape index (κ3) is 3.63. The second-order valence-corrected chi connectivity index (χ2v) is 7.42. The van der Waals surface area contributed by atoms with Crippen molar-refractivity contribution in [1.29, 1.82) is 0 Å². The van der Waals surface area contributed by atoms with Crippen molar-refractivity contribution in [3.8, 4) is 0 Å². The van der Waals surface area contributed by atoms with Crippen LogP contribution in [0.5, 0.6) is 0 Å². The van der Waals surface area contributed by atoms with E-state index in [1.165, 1.54) is 9.91 Å². The number of fused-ring (bicyclic) bond motifs is 1. The molecular weight excluding hydrogens is 368 g/mol. The van der Waals surface area contributed by atoms with Gasteiger partial charge in [0, 0.05) is 25.8 Å². The minimum atomic E-state index is -0.731. The zero-order chi connectivity index (χ0) is 20.5. The molecule has 4 rings (SSSR count). The van der Waals surface area contributed by atoms with Gasteiger partial charge in [0.25, 0.3) is 5.91 Å². The second kappa shape index (κ2) is 7.50. The number of primary amides is 1. The van der Waals surface area contributed by atoms with Crippen LogP contribution < -0.4 is 10.7 Å². The van der Waals surface area contributed by atoms with Crippen molar-refractivity contribution in [1.82, 2.24) is 4.90 Å². The molecule has 0 aromatic heterocycles. The van der Waals surface area contributed by atoms with Crippen molar-refractivity contribution in [3.63, 3.8) is 0 Å². The first kappa shape index (κ1) is 18.9. The molecule has 148 valence electrons. The van der Waals surface area contributed by atoms with Crippen LogP contribution in [0.2, 0.25) is 0 Å². The Morgan fingerprint density at radius 1 is 1.07 bits per heavy atom. The number of hydrogen-bond acceptors (Lipinski definition) is 4. The third-order valence-electron chi connectivity index (χ3n) is 5.36. The number of aryl methyl sites for hydroxylation is 1. The number of carbonyl (C=O) groups is 3. The molecule has 0 bridgehead atoms. The average molecular weight is 390 g/mol. The number of nitrogens with two attached hydrogens (primary N) is 1. The highest BCUT2D eigenvalue weighted by molar-refractivity contribution is 6.40. The van der Waals surface area contributed by atoms with Crippen LogP contribution in [0.25, 0.3) is 0 Å². The van der Waals surface area contributed by atoms with Crippen molar-refractivity contribution in [2.45, 2.75) is 38.8 Å². The zero-order valence-electron chi connectivity index (χ0n) is 16.2. The predicted molar refractivity (Wildman–Crippen MR) is 109 cm³/mol. The SMILES string of the molecule is Cc1cccc(N2N=C(C(=O)N3Cc4ccccc4C[C@@H]3C(N)=O)CCC2=O)c1. The van der Waals surface area contributed by atoms with Crippen LogP contribution >= 0.6 is 0 Å². The predicted octanol–water partition coefficient (Wildman–Crippen LogP) is 1.92. The number of amides is 3. The first-order chi connectivity index (χ1) is 13.9. The van der Waals surface area contributed by atoms with E-state index < -0.39 is 11.9 Å². The van der Waals surface area contributed by atoms with Crippen LogP contribution in [-0.2, 0) is 27.3 Å². The van der Waals surface area contributed by atoms with Crippen LogP contribution in [-0.4, -0.2) is 34.4 Å². The molecular formula is C22H22N4O3. The Hall–Kier alpha value is -3.48. The molecule has 0 saturated heterocycles. The van der Waals surface area contributed by atoms with Crippen LogP contribution in [0.4, 0.5) is 5.69 Å². The number of rotatable bonds is 3. The molecule has 0 radical (unpaired) electrons. The van der Waals surface area contributed by atoms with Gasteiger partial charge < -0.3 is 10.6 Å². The maximum Gasteiger partial charge on any atom is 0.271 e. The van der Waals surface area contributed by atoms with Crippen molar-refractivity contribution >= 4 is 29.1 Å². The Balaban J connectivity index is 1.66. The fourth-order valence-corrected chi connectivity index (χ4v) is 3.83. The largest absolute Gasteiger partial charge is 0.368 e. The Morgan fingerprint density at radius 3 is 2.55 bits per heavy atom. The van der Waals surface area contributed by atoms with E-state index in [-0.39, 0.29) is 30.4 Å². The molecule has 0 unspecified atom stereocenters. The molecule has 0 saturated carbocycles. The van der Waals surface area contributed by atoms with Crippen molar-refractivity contribution in [2.24, 2.45) is 10.8 Å². The molecule has 1 atom stereocenters. The second-order valence-electron chi connectivity index (χ2n) is 7.42. The topological polar surface area (TPSA) is 96.1 Å². The minimum absolute atomic E-state index is 0.164. The summed E-state index contributed by atoms with van der Waals surface area (Å²) in [7, 11) is 0. The summed E-state index contributed by atoms with van der Waals surface area (Å²) in [6, 6.07) is 14.4. The zero-order valence-corrected chi connectivity index (χ0v) is 16.2. The summed E-state index contributed by atoms with van der Waals surface area (Å²) in [5.41, 5.74) is 9.48. The van der Waals surface area contributed by atoms with E-state index in [9.17, 15) is 14.4 Å². The fraction of sp³-hybridized carbons (Fsp3) is 0.273. The van der Waals surface area contributed by atoms with Gasteiger partial charge in [-0.25, -0.2) is 5.01 Å². The van der Waals surface area contributed by atoms with E-state index in [4.69, 9.17) is 5.73 Å². The summed E-state index contributed by atoms with van der Waals surface area (Å²) >= 11 is 0. The van der Waals surface area contributed by atoms with E-state index in [0.29, 0.717) is 18.7 Å². The Morgan fingerprint density at radius 2 is 1.83 bits per heavy atom. The lowest BCUT2D eigenvalue weighted by molar-refractivity contribution is -0.135. The number of benzene rings is 2. The van der Waals surface area contributed by atoms with Gasteiger partial charge >= 0.3 is 0 Å². The van der Waals surface area contributed by atoms with E-state index in [1.54, 1.807) is 6.07 Å². The van der Waals surface area contributed by atoms with Crippen molar-refractivity contribution in [3.05, 3.63) is 65.2 Å². The van der Waals surface area contributed by atoms with Gasteiger partial charge in [0.2, 0.25) is 11.8 Å². The van der Waals surface area contributed by atoms with E-state index in [2.05, 4.69) is 5.10 Å². The molecule has 3 amide bonds. The summed E-state index contributed by atoms with van der Waals surface area (Å²) in [6.45, 7) is 2.22. The summed E-state index contributed by atoms with van der Waals surface area (Å²) in [5, 5.41) is 5.63. The normalized spacial score (nSPS) is 18.9. The number of nitrogens with zero attached hydrogens (tertiary/aromatic N) is 3. The lowest BCUT2D eigenvalue weighted by atomic mass is 9.93. The van der Waals surface area contributed by atoms with Crippen LogP contribution in [0.3, 0.4) is 0 Å². The van der Waals surface area contributed by atoms with Gasteiger partial charge in [0.05, 0.1) is 5.69 Å². The highest BCUT2D eigenvalue weighted by atomic mass is 16.2. The number of anilines is 1. The smallest absolute Gasteiger partial charge is 0.271 e. The first-order valence-corrected chi connectivity index (χ1v) is 9.58. The van der Waals surface area contributed by atoms with Crippen LogP contribution in [0, 0.1) is 6.92 Å². The highest BCUT2D eigenvalue weighted by Gasteiger charge is 2.37. The first-order valence-electron chi connectivity index (χ1n) is 9.58. The lowest BCUT2D eigenvalue weighted by Gasteiger charge is -2.36. The van der Waals surface area contributed by atoms with Gasteiger partial charge in [-0.15, -0.1) is 0 Å². The minimum Gasteiger partial charge on any atom is -0.368 e. The molecule has 2 aliphatic rings. The van der Waals surface area contributed by atoms with Gasteiger partial charge in [0.15, 0.2) is 0 Å². The molecule has 29 heavy (non-hydrogen) atoms. The standard InChI is InChI=1S/C22H22N4O3/c1-14-5-4-8-17(11-14)26-20(27)10-9-18(24-26)22(29)25-13-16-7-3-2-6-15(16)12-19(25)21(23)28/h2-8,11,19H,9-10,12-13H2,1H3,(H2,23,28)/t19-/m1/s1. The van der Waals surface area contributed by atoms with Gasteiger partial charge in [0.1, 0.15) is 11.8 Å². The van der Waals surface area contributed by atoms with Gasteiger partial charge in [-0.3, -0.25) is 14.4 Å². The number of hydrogen-bond donors (Lipinski definition) is 1. The molecule has 7 nitrogen and oxygen atoms in total. The quantitative estimate of drug-likeness (QED) is 0.867. The molecule has 2 aromatic rings. The van der Waals surface area contributed by atoms with Crippen molar-refractivity contribution in [2.75, 3.05) is 5.01 Å². The van der Waals surface area contributed by atoms with Crippen molar-refractivity contribution < 1.29 is 14.4 Å². The summed E-state index contributed by atoms with van der Waals surface area (Å²) in [6.07, 6.45) is 0.804. The summed E-state index contributed by atoms with van der Waals surface area (Å²) in [4.78, 5) is 39.2. The van der Waals surface area contributed by atoms with E-state index >= 15 is 0 Å². The molecule has 2 heterocycles. The maximum atomic E-state index is 13.3. The van der Waals surface area contributed by atoms with Crippen LogP contribution in [0.15, 0.2) is 53.6 Å². The van der Waals surface area contributed by atoms with Gasteiger partial charge in [-0.1, -0.05) is 36.4 Å². The summed E-state index contributed by atoms with van der Waals surface area (Å²) < 4.78 is 0. The van der Waals surface area contributed by atoms with Crippen LogP contribution in [0.1, 0.15) is 29.5 Å². The Bertz CT molecular complexity index is 1030. The lowest BCUT2D eigenvalue weighted by Crippen LogP contribution is -2.53. The molecule has 0 spiro atoms. The Labute approximate surface area is 168 Å². The van der Waals surface area contributed by atoms with Gasteiger partial charge in [-0.2, -0.15) is 5.10 Å².